The van der Waals surface area contributed by atoms with E-state index in [0.29, 0.717) is 0 Å². The maximum Gasteiger partial charge on any atom is 0.452 e. The van der Waals surface area contributed by atoms with Gasteiger partial charge in [-0.2, -0.15) is 22.5 Å². The SMILES string of the molecule is CC(CCl)CS(=O)(=O)c1nc(C(F)(F)F)ns1. The van der Waals surface area contributed by atoms with Crippen molar-refractivity contribution < 1.29 is 21.6 Å². The lowest BCUT2D eigenvalue weighted by Crippen LogP contribution is -2.15. The molecule has 1 unspecified atom stereocenters. The first-order chi connectivity index (χ1) is 7.66. The van der Waals surface area contributed by atoms with Crippen molar-refractivity contribution in [3.8, 4) is 0 Å². The highest BCUT2D eigenvalue weighted by molar-refractivity contribution is 7.93. The van der Waals surface area contributed by atoms with Crippen LogP contribution in [0.25, 0.3) is 0 Å². The third kappa shape index (κ3) is 3.78. The summed E-state index contributed by atoms with van der Waals surface area (Å²) in [6.07, 6.45) is -4.73. The molecule has 98 valence electrons. The van der Waals surface area contributed by atoms with E-state index in [9.17, 15) is 21.6 Å². The molecule has 0 aliphatic heterocycles. The average molecular weight is 309 g/mol. The van der Waals surface area contributed by atoms with Crippen LogP contribution < -0.4 is 0 Å². The van der Waals surface area contributed by atoms with E-state index >= 15 is 0 Å². The predicted molar refractivity (Wildman–Crippen MR) is 56.8 cm³/mol. The van der Waals surface area contributed by atoms with Crippen molar-refractivity contribution in [1.82, 2.24) is 9.36 Å². The van der Waals surface area contributed by atoms with Crippen molar-refractivity contribution in [2.45, 2.75) is 17.4 Å². The van der Waals surface area contributed by atoms with E-state index < -0.39 is 26.2 Å². The molecule has 0 saturated heterocycles. The van der Waals surface area contributed by atoms with Crippen LogP contribution >= 0.6 is 23.1 Å². The minimum Gasteiger partial charge on any atom is -0.221 e. The maximum absolute atomic E-state index is 12.2. The highest BCUT2D eigenvalue weighted by Crippen LogP contribution is 2.29. The molecule has 0 fully saturated rings. The van der Waals surface area contributed by atoms with Crippen molar-refractivity contribution in [3.63, 3.8) is 0 Å². The molecule has 0 aliphatic rings. The largest absolute Gasteiger partial charge is 0.452 e. The van der Waals surface area contributed by atoms with Crippen LogP contribution in [-0.2, 0) is 16.0 Å². The maximum atomic E-state index is 12.2. The monoisotopic (exact) mass is 308 g/mol. The minimum absolute atomic E-state index is 0.101. The van der Waals surface area contributed by atoms with Crippen LogP contribution in [0.5, 0.6) is 0 Å². The van der Waals surface area contributed by atoms with E-state index in [1.54, 1.807) is 6.92 Å². The van der Waals surface area contributed by atoms with Gasteiger partial charge in [0.1, 0.15) is 0 Å². The number of hydrogen-bond donors (Lipinski definition) is 0. The van der Waals surface area contributed by atoms with Crippen LogP contribution in [0, 0.1) is 5.92 Å². The van der Waals surface area contributed by atoms with Gasteiger partial charge in [-0.1, -0.05) is 6.92 Å². The fraction of sp³-hybridized carbons (Fsp3) is 0.714. The third-order valence-electron chi connectivity index (χ3n) is 1.69. The number of aromatic nitrogens is 2. The second kappa shape index (κ2) is 5.07. The number of halogens is 4. The topological polar surface area (TPSA) is 59.9 Å². The average Bonchev–Trinajstić information content (AvgIpc) is 2.65. The van der Waals surface area contributed by atoms with Crippen LogP contribution in [0.15, 0.2) is 4.34 Å². The summed E-state index contributed by atoms with van der Waals surface area (Å²) >= 11 is 5.67. The highest BCUT2D eigenvalue weighted by atomic mass is 35.5. The molecule has 1 atom stereocenters. The Morgan fingerprint density at radius 3 is 2.47 bits per heavy atom. The molecule has 1 aromatic rings. The molecule has 0 radical (unpaired) electrons. The summed E-state index contributed by atoms with van der Waals surface area (Å²) in [4.78, 5) is 2.99. The summed E-state index contributed by atoms with van der Waals surface area (Å²) in [6.45, 7) is 1.58. The molecular weight excluding hydrogens is 301 g/mol. The molecule has 1 heterocycles. The Bertz CT molecular complexity index is 486. The molecule has 0 amide bonds. The van der Waals surface area contributed by atoms with Gasteiger partial charge in [-0.15, -0.1) is 11.6 Å². The fourth-order valence-electron chi connectivity index (χ4n) is 0.941. The lowest BCUT2D eigenvalue weighted by molar-refractivity contribution is -0.144. The second-order valence-corrected chi connectivity index (χ2v) is 6.69. The smallest absolute Gasteiger partial charge is 0.221 e. The molecule has 17 heavy (non-hydrogen) atoms. The van der Waals surface area contributed by atoms with E-state index in [2.05, 4.69) is 9.36 Å². The standard InChI is InChI=1S/C7H8ClF3N2O2S2/c1-4(2-8)3-17(14,15)6-12-5(13-16-6)7(9,10)11/h4H,2-3H2,1H3. The van der Waals surface area contributed by atoms with Gasteiger partial charge >= 0.3 is 6.18 Å². The Balaban J connectivity index is 2.97. The van der Waals surface area contributed by atoms with Crippen LogP contribution in [-0.4, -0.2) is 29.4 Å². The quantitative estimate of drug-likeness (QED) is 0.800. The molecular formula is C7H8ClF3N2O2S2. The van der Waals surface area contributed by atoms with Crippen molar-refractivity contribution in [2.24, 2.45) is 5.92 Å². The number of nitrogens with zero attached hydrogens (tertiary/aromatic N) is 2. The Labute approximate surface area is 105 Å². The summed E-state index contributed by atoms with van der Waals surface area (Å²) < 4.78 is 62.2. The van der Waals surface area contributed by atoms with E-state index in [1.165, 1.54) is 0 Å². The van der Waals surface area contributed by atoms with Gasteiger partial charge in [0.05, 0.1) is 5.75 Å². The van der Waals surface area contributed by atoms with Crippen molar-refractivity contribution in [1.29, 1.82) is 0 Å². The van der Waals surface area contributed by atoms with Gasteiger partial charge < -0.3 is 0 Å². The third-order valence-corrected chi connectivity index (χ3v) is 5.35. The summed E-state index contributed by atoms with van der Waals surface area (Å²) in [7, 11) is -3.85. The van der Waals surface area contributed by atoms with Crippen molar-refractivity contribution in [3.05, 3.63) is 5.82 Å². The fourth-order valence-corrected chi connectivity index (χ4v) is 3.62. The normalized spacial score (nSPS) is 14.9. The van der Waals surface area contributed by atoms with Gasteiger partial charge in [0.25, 0.3) is 0 Å². The summed E-state index contributed by atoms with van der Waals surface area (Å²) in [5.41, 5.74) is 0. The zero-order valence-electron chi connectivity index (χ0n) is 8.53. The van der Waals surface area contributed by atoms with E-state index in [4.69, 9.17) is 11.6 Å². The Kier molecular flexibility index (Phi) is 4.37. The van der Waals surface area contributed by atoms with Gasteiger partial charge in [-0.3, -0.25) is 0 Å². The molecule has 10 heteroatoms. The summed E-state index contributed by atoms with van der Waals surface area (Å²) in [5.74, 6) is -2.04. The molecule has 0 spiro atoms. The lowest BCUT2D eigenvalue weighted by atomic mass is 10.3. The Hall–Kier alpha value is -0.410. The predicted octanol–water partition coefficient (Wildman–Crippen LogP) is 2.21. The summed E-state index contributed by atoms with van der Waals surface area (Å²) in [6, 6.07) is 0. The zero-order valence-corrected chi connectivity index (χ0v) is 10.9. The minimum atomic E-state index is -4.73. The summed E-state index contributed by atoms with van der Waals surface area (Å²) in [5, 5.41) is 0. The first kappa shape index (κ1) is 14.7. The van der Waals surface area contributed by atoms with Gasteiger partial charge in [0, 0.05) is 5.88 Å². The second-order valence-electron chi connectivity index (χ2n) is 3.42. The number of hydrogen-bond acceptors (Lipinski definition) is 5. The molecule has 0 N–H and O–H groups in total. The molecule has 0 saturated carbocycles. The van der Waals surface area contributed by atoms with E-state index in [-0.39, 0.29) is 29.1 Å². The van der Waals surface area contributed by atoms with Crippen LogP contribution in [0.2, 0.25) is 0 Å². The zero-order chi connectivity index (χ0) is 13.3. The molecule has 0 bridgehead atoms. The first-order valence-corrected chi connectivity index (χ1v) is 7.32. The highest BCUT2D eigenvalue weighted by Gasteiger charge is 2.37. The van der Waals surface area contributed by atoms with Gasteiger partial charge in [0.15, 0.2) is 0 Å². The Morgan fingerprint density at radius 2 is 2.06 bits per heavy atom. The molecule has 4 nitrogen and oxygen atoms in total. The lowest BCUT2D eigenvalue weighted by Gasteiger charge is -2.05. The Morgan fingerprint density at radius 1 is 1.47 bits per heavy atom. The first-order valence-electron chi connectivity index (χ1n) is 4.36. The molecule has 0 aliphatic carbocycles. The molecule has 1 rings (SSSR count). The number of sulfone groups is 1. The van der Waals surface area contributed by atoms with Crippen LogP contribution in [0.3, 0.4) is 0 Å². The van der Waals surface area contributed by atoms with Gasteiger partial charge in [-0.25, -0.2) is 8.42 Å². The van der Waals surface area contributed by atoms with Crippen LogP contribution in [0.1, 0.15) is 12.7 Å². The van der Waals surface area contributed by atoms with Crippen molar-refractivity contribution in [2.75, 3.05) is 11.6 Å². The van der Waals surface area contributed by atoms with Crippen molar-refractivity contribution >= 4 is 33.0 Å². The van der Waals surface area contributed by atoms with Gasteiger partial charge in [0.2, 0.25) is 20.0 Å². The van der Waals surface area contributed by atoms with Crippen LogP contribution in [0.4, 0.5) is 13.2 Å². The van der Waals surface area contributed by atoms with Gasteiger partial charge in [-0.05, 0) is 17.5 Å². The van der Waals surface area contributed by atoms with E-state index in [1.807, 2.05) is 0 Å². The number of alkyl halides is 4. The molecule has 0 aromatic carbocycles. The molecule has 1 aromatic heterocycles. The number of rotatable bonds is 4. The van der Waals surface area contributed by atoms with E-state index in [0.717, 1.165) is 0 Å².